The molecule has 0 fully saturated rings. The van der Waals surface area contributed by atoms with Gasteiger partial charge in [-0.1, -0.05) is 11.6 Å². The average Bonchev–Trinajstić information content (AvgIpc) is 2.90. The van der Waals surface area contributed by atoms with Crippen LogP contribution in [0.5, 0.6) is 5.75 Å². The molecule has 0 radical (unpaired) electrons. The van der Waals surface area contributed by atoms with E-state index < -0.39 is 10.1 Å². The molecular formula is C15H18ClN5O3S. The van der Waals surface area contributed by atoms with E-state index in [1.807, 2.05) is 25.7 Å². The molecule has 134 valence electrons. The summed E-state index contributed by atoms with van der Waals surface area (Å²) < 4.78 is 30.2. The van der Waals surface area contributed by atoms with Crippen LogP contribution in [-0.4, -0.2) is 47.3 Å². The average molecular weight is 384 g/mol. The van der Waals surface area contributed by atoms with E-state index in [-0.39, 0.29) is 5.75 Å². The van der Waals surface area contributed by atoms with E-state index >= 15 is 0 Å². The summed E-state index contributed by atoms with van der Waals surface area (Å²) in [5.74, 6) is 1.33. The van der Waals surface area contributed by atoms with Crippen molar-refractivity contribution in [3.05, 3.63) is 23.0 Å². The summed E-state index contributed by atoms with van der Waals surface area (Å²) in [5.41, 5.74) is 1.55. The van der Waals surface area contributed by atoms with Crippen molar-refractivity contribution >= 4 is 44.2 Å². The van der Waals surface area contributed by atoms with Gasteiger partial charge in [0, 0.05) is 24.2 Å². The van der Waals surface area contributed by atoms with Crippen molar-refractivity contribution in [2.75, 3.05) is 24.2 Å². The van der Waals surface area contributed by atoms with Crippen LogP contribution in [0.3, 0.4) is 0 Å². The van der Waals surface area contributed by atoms with Gasteiger partial charge in [0.15, 0.2) is 11.6 Å². The molecule has 0 unspecified atom stereocenters. The summed E-state index contributed by atoms with van der Waals surface area (Å²) in [7, 11) is -3.73. The molecule has 10 heteroatoms. The van der Waals surface area contributed by atoms with E-state index in [9.17, 15) is 8.42 Å². The Kier molecular flexibility index (Phi) is 4.46. The number of fused-ring (bicyclic) bond motifs is 3. The van der Waals surface area contributed by atoms with Gasteiger partial charge < -0.3 is 9.08 Å². The Hall–Kier alpha value is -2.13. The van der Waals surface area contributed by atoms with Crippen LogP contribution in [0.2, 0.25) is 5.02 Å². The Bertz CT molecular complexity index is 1060. The molecule has 0 spiro atoms. The van der Waals surface area contributed by atoms with Crippen LogP contribution in [0.1, 0.15) is 19.7 Å². The zero-order chi connectivity index (χ0) is 18.4. The van der Waals surface area contributed by atoms with Crippen LogP contribution in [0.25, 0.3) is 16.7 Å². The molecule has 0 aliphatic carbocycles. The minimum Gasteiger partial charge on any atom is -0.380 e. The zero-order valence-electron chi connectivity index (χ0n) is 14.3. The first-order chi connectivity index (χ1) is 11.7. The number of hydrogen-bond donors (Lipinski definition) is 0. The summed E-state index contributed by atoms with van der Waals surface area (Å²) in [6.45, 7) is 7.25. The number of nitrogens with zero attached hydrogens (tertiary/aromatic N) is 5. The summed E-state index contributed by atoms with van der Waals surface area (Å²) >= 11 is 6.16. The molecule has 0 saturated carbocycles. The van der Waals surface area contributed by atoms with Crippen LogP contribution < -0.4 is 9.08 Å². The fraction of sp³-hybridized carbons (Fsp3) is 0.400. The topological polar surface area (TPSA) is 89.7 Å². The number of halogens is 1. The molecule has 2 aromatic heterocycles. The largest absolute Gasteiger partial charge is 0.380 e. The highest BCUT2D eigenvalue weighted by atomic mass is 35.5. The fourth-order valence-electron chi connectivity index (χ4n) is 2.76. The smallest absolute Gasteiger partial charge is 0.306 e. The van der Waals surface area contributed by atoms with Gasteiger partial charge in [-0.2, -0.15) is 8.42 Å². The van der Waals surface area contributed by atoms with Gasteiger partial charge in [-0.15, -0.1) is 10.2 Å². The van der Waals surface area contributed by atoms with E-state index in [2.05, 4.69) is 15.2 Å². The van der Waals surface area contributed by atoms with E-state index in [4.69, 9.17) is 15.8 Å². The van der Waals surface area contributed by atoms with Crippen LogP contribution >= 0.6 is 11.6 Å². The monoisotopic (exact) mass is 383 g/mol. The number of benzene rings is 1. The molecule has 0 atom stereocenters. The van der Waals surface area contributed by atoms with Gasteiger partial charge in [0.25, 0.3) is 0 Å². The van der Waals surface area contributed by atoms with E-state index in [1.54, 1.807) is 10.5 Å². The molecule has 0 aliphatic rings. The molecule has 0 N–H and O–H groups in total. The highest BCUT2D eigenvalue weighted by Crippen LogP contribution is 2.33. The number of rotatable bonds is 5. The highest BCUT2D eigenvalue weighted by Gasteiger charge is 2.21. The predicted molar refractivity (Wildman–Crippen MR) is 97.1 cm³/mol. The van der Waals surface area contributed by atoms with Crippen molar-refractivity contribution in [1.29, 1.82) is 0 Å². The first-order valence-electron chi connectivity index (χ1n) is 7.74. The van der Waals surface area contributed by atoms with Crippen molar-refractivity contribution < 1.29 is 12.6 Å². The van der Waals surface area contributed by atoms with Crippen LogP contribution in [-0.2, 0) is 10.1 Å². The van der Waals surface area contributed by atoms with E-state index in [1.165, 1.54) is 6.07 Å². The quantitative estimate of drug-likeness (QED) is 0.625. The molecule has 0 aliphatic heterocycles. The summed E-state index contributed by atoms with van der Waals surface area (Å²) in [6.07, 6.45) is 0.980. The first kappa shape index (κ1) is 17.7. The highest BCUT2D eigenvalue weighted by molar-refractivity contribution is 7.86. The Labute approximate surface area is 150 Å². The zero-order valence-corrected chi connectivity index (χ0v) is 15.9. The Morgan fingerprint density at radius 3 is 2.52 bits per heavy atom. The lowest BCUT2D eigenvalue weighted by Gasteiger charge is -2.21. The molecule has 8 nitrogen and oxygen atoms in total. The minimum absolute atomic E-state index is 0.0772. The fourth-order valence-corrected chi connectivity index (χ4v) is 3.41. The molecule has 0 saturated heterocycles. The van der Waals surface area contributed by atoms with E-state index in [0.717, 1.165) is 6.26 Å². The summed E-state index contributed by atoms with van der Waals surface area (Å²) in [6, 6.07) is 3.13. The van der Waals surface area contributed by atoms with E-state index in [0.29, 0.717) is 46.4 Å². The third kappa shape index (κ3) is 3.21. The lowest BCUT2D eigenvalue weighted by molar-refractivity contribution is 0.495. The van der Waals surface area contributed by atoms with Crippen molar-refractivity contribution in [2.24, 2.45) is 0 Å². The SMILES string of the molecule is CCN(CC)c1nc2c(OS(C)(=O)=O)cc(Cl)cc2n2c(C)nnc12. The third-order valence-electron chi connectivity index (χ3n) is 3.81. The molecule has 3 rings (SSSR count). The van der Waals surface area contributed by atoms with Gasteiger partial charge in [0.1, 0.15) is 11.3 Å². The lowest BCUT2D eigenvalue weighted by Crippen LogP contribution is -2.24. The maximum absolute atomic E-state index is 11.6. The Balaban J connectivity index is 2.46. The molecule has 0 bridgehead atoms. The first-order valence-corrected chi connectivity index (χ1v) is 9.94. The maximum Gasteiger partial charge on any atom is 0.306 e. The minimum atomic E-state index is -3.73. The normalized spacial score (nSPS) is 12.0. The van der Waals surface area contributed by atoms with Gasteiger partial charge in [-0.3, -0.25) is 4.40 Å². The van der Waals surface area contributed by atoms with Gasteiger partial charge in [0.05, 0.1) is 11.8 Å². The van der Waals surface area contributed by atoms with Gasteiger partial charge in [-0.05, 0) is 26.8 Å². The van der Waals surface area contributed by atoms with Crippen molar-refractivity contribution in [3.63, 3.8) is 0 Å². The molecule has 3 aromatic rings. The second-order valence-corrected chi connectivity index (χ2v) is 7.58. The molecule has 25 heavy (non-hydrogen) atoms. The second kappa shape index (κ2) is 6.30. The summed E-state index contributed by atoms with van der Waals surface area (Å²) in [4.78, 5) is 6.65. The Morgan fingerprint density at radius 2 is 1.92 bits per heavy atom. The van der Waals surface area contributed by atoms with Crippen molar-refractivity contribution in [3.8, 4) is 5.75 Å². The number of anilines is 1. The van der Waals surface area contributed by atoms with Crippen molar-refractivity contribution in [2.45, 2.75) is 20.8 Å². The second-order valence-electron chi connectivity index (χ2n) is 5.57. The van der Waals surface area contributed by atoms with Crippen LogP contribution in [0, 0.1) is 6.92 Å². The molecular weight excluding hydrogens is 366 g/mol. The standard InChI is InChI=1S/C15H18ClN5O3S/c1-5-20(6-2)14-15-19-18-9(3)21(15)11-7-10(16)8-12(13(11)17-14)24-25(4,22)23/h7-8H,5-6H2,1-4H3. The maximum atomic E-state index is 11.6. The van der Waals surface area contributed by atoms with Crippen LogP contribution in [0.15, 0.2) is 12.1 Å². The van der Waals surface area contributed by atoms with Gasteiger partial charge in [0.2, 0.25) is 5.65 Å². The summed E-state index contributed by atoms with van der Waals surface area (Å²) in [5, 5.41) is 8.69. The predicted octanol–water partition coefficient (Wildman–Crippen LogP) is 2.42. The van der Waals surface area contributed by atoms with Gasteiger partial charge >= 0.3 is 10.1 Å². The molecule has 2 heterocycles. The Morgan fingerprint density at radius 1 is 1.24 bits per heavy atom. The number of aromatic nitrogens is 4. The van der Waals surface area contributed by atoms with Gasteiger partial charge in [-0.25, -0.2) is 4.98 Å². The lowest BCUT2D eigenvalue weighted by atomic mass is 10.2. The van der Waals surface area contributed by atoms with Crippen molar-refractivity contribution in [1.82, 2.24) is 19.6 Å². The molecule has 1 aromatic carbocycles. The van der Waals surface area contributed by atoms with Crippen LogP contribution in [0.4, 0.5) is 5.82 Å². The molecule has 0 amide bonds. The third-order valence-corrected chi connectivity index (χ3v) is 4.51. The number of hydrogen-bond acceptors (Lipinski definition) is 7. The number of aryl methyl sites for hydroxylation is 1.